The number of likely N-dealkylation sites (N-methyl/N-ethyl adjacent to an activating group) is 2. The number of amides is 6. The Morgan fingerprint density at radius 3 is 2.20 bits per heavy atom. The Hall–Kier alpha value is -6.59. The molecule has 2 aliphatic carbocycles. The van der Waals surface area contributed by atoms with E-state index in [2.05, 4.69) is 40.3 Å². The van der Waals surface area contributed by atoms with Gasteiger partial charge in [0.1, 0.15) is 36.0 Å². The van der Waals surface area contributed by atoms with Gasteiger partial charge in [0, 0.05) is 37.6 Å². The van der Waals surface area contributed by atoms with Crippen LogP contribution in [0.1, 0.15) is 68.8 Å². The molecule has 2 aromatic rings. The summed E-state index contributed by atoms with van der Waals surface area (Å²) in [5.74, 6) is -6.81. The lowest BCUT2D eigenvalue weighted by molar-refractivity contribution is -0.143. The summed E-state index contributed by atoms with van der Waals surface area (Å²) < 4.78 is 0. The molecule has 0 radical (unpaired) electrons. The van der Waals surface area contributed by atoms with Crippen molar-refractivity contribution in [1.82, 2.24) is 31.1 Å². The number of aryl methyl sites for hydroxylation is 1. The van der Waals surface area contributed by atoms with Crippen molar-refractivity contribution in [2.75, 3.05) is 27.2 Å². The molecule has 5 rings (SSSR count). The van der Waals surface area contributed by atoms with E-state index in [1.165, 1.54) is 45.7 Å². The predicted molar refractivity (Wildman–Crippen MR) is 236 cm³/mol. The summed E-state index contributed by atoms with van der Waals surface area (Å²) >= 11 is 0. The fourth-order valence-corrected chi connectivity index (χ4v) is 7.88. The Morgan fingerprint density at radius 1 is 0.922 bits per heavy atom. The first-order valence-corrected chi connectivity index (χ1v) is 21.4. The molecule has 1 aliphatic heterocycles. The van der Waals surface area contributed by atoms with Gasteiger partial charge in [0.15, 0.2) is 0 Å². The van der Waals surface area contributed by atoms with Crippen molar-refractivity contribution in [3.63, 3.8) is 0 Å². The Labute approximate surface area is 372 Å². The first-order chi connectivity index (χ1) is 30.4. The molecule has 0 spiro atoms. The van der Waals surface area contributed by atoms with Crippen LogP contribution in [0, 0.1) is 5.92 Å². The van der Waals surface area contributed by atoms with Crippen LogP contribution in [0.25, 0.3) is 11.1 Å². The van der Waals surface area contributed by atoms with E-state index in [1.54, 1.807) is 36.4 Å². The highest BCUT2D eigenvalue weighted by atomic mass is 16.4. The van der Waals surface area contributed by atoms with E-state index in [0.29, 0.717) is 11.1 Å². The minimum Gasteiger partial charge on any atom is -0.508 e. The van der Waals surface area contributed by atoms with Gasteiger partial charge < -0.3 is 51.5 Å². The van der Waals surface area contributed by atoms with Gasteiger partial charge in [-0.1, -0.05) is 68.0 Å². The van der Waals surface area contributed by atoms with Crippen molar-refractivity contribution in [3.05, 3.63) is 106 Å². The molecule has 3 aliphatic rings. The van der Waals surface area contributed by atoms with E-state index in [-0.39, 0.29) is 36.2 Å². The first-order valence-electron chi connectivity index (χ1n) is 21.4. The number of carboxylic acids is 1. The summed E-state index contributed by atoms with van der Waals surface area (Å²) in [6.07, 6.45) is 8.16. The zero-order chi connectivity index (χ0) is 46.8. The molecule has 0 fully saturated rings. The highest BCUT2D eigenvalue weighted by molar-refractivity contribution is 5.99. The first kappa shape index (κ1) is 48.4. The number of benzene rings is 2. The lowest BCUT2D eigenvalue weighted by atomic mass is 9.79. The Balaban J connectivity index is 1.23. The van der Waals surface area contributed by atoms with Gasteiger partial charge in [-0.25, -0.2) is 4.79 Å². The van der Waals surface area contributed by atoms with Crippen molar-refractivity contribution in [3.8, 4) is 11.1 Å². The van der Waals surface area contributed by atoms with Gasteiger partial charge in [0.05, 0.1) is 19.3 Å². The standard InChI is InChI=1S/C47H58N6O11/c1-6-7-8-28-9-12-30(13-10-28)31-14-16-32(17-15-31)46(62)52(4)37(25-54)44(60)49-26(2)42(58)48-24-40(57)53(5)41-33-18-20-39(56)35(23-33)34-21-29(11-19-38(34)55)22-36(47(63)64)51-43(59)27(3)50-45(41)61/h9-18,20-21,26-27,33,36-38,41,54-56H,6-8,19,22-25H2,1-5H3,(H,48,58)(H,49,60)(H,50,61)(H,51,59)(H,63,64)/t26-,27+,33+,36+,37-,38+,41+/m1/s1. The molecule has 7 atom stereocenters. The van der Waals surface area contributed by atoms with Crippen molar-refractivity contribution < 1.29 is 54.0 Å². The summed E-state index contributed by atoms with van der Waals surface area (Å²) in [7, 11) is 2.67. The molecule has 64 heavy (non-hydrogen) atoms. The number of unbranched alkanes of at least 4 members (excludes halogenated alkanes) is 1. The maximum absolute atomic E-state index is 14.0. The molecule has 0 saturated heterocycles. The topological polar surface area (TPSA) is 255 Å². The van der Waals surface area contributed by atoms with Crippen LogP contribution in [-0.4, -0.2) is 135 Å². The maximum Gasteiger partial charge on any atom is 0.326 e. The summed E-state index contributed by atoms with van der Waals surface area (Å²) in [6.45, 7) is 3.46. The summed E-state index contributed by atoms with van der Waals surface area (Å²) in [4.78, 5) is 95.0. The fraction of sp³-hybridized carbons (Fsp3) is 0.426. The van der Waals surface area contributed by atoms with Crippen LogP contribution < -0.4 is 21.3 Å². The average Bonchev–Trinajstić information content (AvgIpc) is 3.28. The quantitative estimate of drug-likeness (QED) is 0.136. The number of hydrogen-bond acceptors (Lipinski definition) is 10. The van der Waals surface area contributed by atoms with Crippen LogP contribution in [0.4, 0.5) is 0 Å². The van der Waals surface area contributed by atoms with E-state index in [4.69, 9.17) is 0 Å². The third kappa shape index (κ3) is 11.7. The highest BCUT2D eigenvalue weighted by Gasteiger charge is 2.39. The Bertz CT molecular complexity index is 2230. The van der Waals surface area contributed by atoms with Gasteiger partial charge in [-0.05, 0) is 85.6 Å². The van der Waals surface area contributed by atoms with Crippen LogP contribution in [0.2, 0.25) is 0 Å². The van der Waals surface area contributed by atoms with E-state index in [1.807, 2.05) is 12.1 Å². The van der Waals surface area contributed by atoms with Gasteiger partial charge in [-0.2, -0.15) is 0 Å². The molecule has 6 amide bonds. The van der Waals surface area contributed by atoms with Gasteiger partial charge in [0.25, 0.3) is 5.91 Å². The van der Waals surface area contributed by atoms with E-state index in [0.717, 1.165) is 40.2 Å². The number of hydrogen-bond donors (Lipinski definition) is 8. The third-order valence-electron chi connectivity index (χ3n) is 11.9. The number of aliphatic hydroxyl groups is 3. The van der Waals surface area contributed by atoms with Gasteiger partial charge in [0.2, 0.25) is 29.5 Å². The van der Waals surface area contributed by atoms with E-state index >= 15 is 0 Å². The van der Waals surface area contributed by atoms with Crippen LogP contribution in [-0.2, 0) is 35.2 Å². The number of nitrogens with one attached hydrogen (secondary N) is 4. The highest BCUT2D eigenvalue weighted by Crippen LogP contribution is 2.36. The van der Waals surface area contributed by atoms with Crippen molar-refractivity contribution in [1.29, 1.82) is 0 Å². The molecule has 0 unspecified atom stereocenters. The number of carbonyl (C=O) groups is 7. The van der Waals surface area contributed by atoms with Crippen molar-refractivity contribution >= 4 is 41.4 Å². The molecule has 2 aromatic carbocycles. The van der Waals surface area contributed by atoms with Crippen LogP contribution in [0.15, 0.2) is 95.3 Å². The van der Waals surface area contributed by atoms with Gasteiger partial charge in [-0.3, -0.25) is 28.8 Å². The average molecular weight is 883 g/mol. The van der Waals surface area contributed by atoms with Gasteiger partial charge in [-0.15, -0.1) is 0 Å². The monoisotopic (exact) mass is 882 g/mol. The Morgan fingerprint density at radius 2 is 1.58 bits per heavy atom. The van der Waals surface area contributed by atoms with Crippen LogP contribution in [0.3, 0.4) is 0 Å². The van der Waals surface area contributed by atoms with Crippen molar-refractivity contribution in [2.24, 2.45) is 5.92 Å². The number of allylic oxidation sites excluding steroid dienone is 2. The molecule has 17 nitrogen and oxygen atoms in total. The smallest absolute Gasteiger partial charge is 0.326 e. The van der Waals surface area contributed by atoms with Crippen LogP contribution >= 0.6 is 0 Å². The molecule has 342 valence electrons. The van der Waals surface area contributed by atoms with Crippen LogP contribution in [0.5, 0.6) is 0 Å². The number of rotatable bonds is 14. The summed E-state index contributed by atoms with van der Waals surface area (Å²) in [5, 5.41) is 51.8. The minimum atomic E-state index is -1.38. The van der Waals surface area contributed by atoms with E-state index < -0.39 is 96.8 Å². The fourth-order valence-electron chi connectivity index (χ4n) is 7.88. The largest absolute Gasteiger partial charge is 0.508 e. The summed E-state index contributed by atoms with van der Waals surface area (Å²) in [6, 6.07) is 8.52. The number of carboxylic acid groups (broad SMARTS) is 1. The molecular formula is C47H58N6O11. The molecule has 1 heterocycles. The molecular weight excluding hydrogens is 825 g/mol. The van der Waals surface area contributed by atoms with Crippen molar-refractivity contribution in [2.45, 2.75) is 95.6 Å². The molecule has 0 saturated carbocycles. The zero-order valence-corrected chi connectivity index (χ0v) is 36.7. The maximum atomic E-state index is 14.0. The normalized spacial score (nSPS) is 22.0. The van der Waals surface area contributed by atoms with Gasteiger partial charge >= 0.3 is 5.97 Å². The molecule has 8 N–H and O–H groups in total. The second-order valence-corrected chi connectivity index (χ2v) is 16.4. The lowest BCUT2D eigenvalue weighted by Crippen LogP contribution is -2.58. The second kappa shape index (κ2) is 21.7. The lowest BCUT2D eigenvalue weighted by Gasteiger charge is -2.36. The number of nitrogens with zero attached hydrogens (tertiary/aromatic N) is 2. The summed E-state index contributed by atoms with van der Waals surface area (Å²) in [5.41, 5.74) is 4.49. The molecule has 0 aromatic heterocycles. The third-order valence-corrected chi connectivity index (χ3v) is 11.9. The molecule has 17 heteroatoms. The Kier molecular flexibility index (Phi) is 16.4. The SMILES string of the molecule is CCCCc1ccc(-c2ccc(C(=O)N(C)[C@H](CO)C(=O)N[C@H](C)C(=O)NCC(=O)N(C)[C@@H]3C(=O)N[C@@H](C)C(=O)N[C@H](C(=O)O)CC4=CC[C@H](O)C(=C4)C4=C(O)C=C[C@H]3C4)cc2)cc1. The number of aliphatic carboxylic acids is 1. The minimum absolute atomic E-state index is 0.0332. The second-order valence-electron chi connectivity index (χ2n) is 16.4. The predicted octanol–water partition coefficient (Wildman–Crippen LogP) is 2.06. The van der Waals surface area contributed by atoms with E-state index in [9.17, 15) is 54.0 Å². The number of aliphatic hydroxyl groups excluding tert-OH is 3. The number of carbonyl (C=O) groups excluding carboxylic acids is 6. The molecule has 4 bridgehead atoms. The zero-order valence-electron chi connectivity index (χ0n) is 36.7. The number of fused-ring (bicyclic) bond motifs is 4.